The van der Waals surface area contributed by atoms with Crippen molar-refractivity contribution in [3.05, 3.63) is 12.3 Å². The van der Waals surface area contributed by atoms with Gasteiger partial charge in [-0.25, -0.2) is 4.98 Å². The van der Waals surface area contributed by atoms with Crippen molar-refractivity contribution in [2.24, 2.45) is 0 Å². The van der Waals surface area contributed by atoms with Crippen molar-refractivity contribution in [2.75, 3.05) is 25.2 Å². The van der Waals surface area contributed by atoms with Crippen LogP contribution in [0.15, 0.2) is 12.3 Å². The van der Waals surface area contributed by atoms with Crippen molar-refractivity contribution >= 4 is 16.7 Å². The summed E-state index contributed by atoms with van der Waals surface area (Å²) in [6.45, 7) is 2.49. The van der Waals surface area contributed by atoms with E-state index in [1.807, 2.05) is 6.92 Å². The number of methoxy groups -OCH3 is 1. The van der Waals surface area contributed by atoms with E-state index in [4.69, 9.17) is 4.74 Å². The lowest BCUT2D eigenvalue weighted by molar-refractivity contribution is 0.397. The zero-order chi connectivity index (χ0) is 11.3. The predicted octanol–water partition coefficient (Wildman–Crippen LogP) is 0.664. The second-order valence-corrected chi connectivity index (χ2v) is 4.91. The third-order valence-corrected chi connectivity index (χ3v) is 3.25. The van der Waals surface area contributed by atoms with Crippen molar-refractivity contribution in [3.63, 3.8) is 0 Å². The molecule has 0 aromatic carbocycles. The molecule has 0 saturated heterocycles. The summed E-state index contributed by atoms with van der Waals surface area (Å²) in [5, 5.41) is 3.07. The van der Waals surface area contributed by atoms with Crippen LogP contribution >= 0.6 is 0 Å². The number of nitrogens with zero attached hydrogens (tertiary/aromatic N) is 2. The second kappa shape index (κ2) is 5.65. The van der Waals surface area contributed by atoms with E-state index in [9.17, 15) is 4.21 Å². The highest BCUT2D eigenvalue weighted by molar-refractivity contribution is 7.84. The molecular formula is C9H15N3O2S. The summed E-state index contributed by atoms with van der Waals surface area (Å²) in [7, 11) is 0.711. The van der Waals surface area contributed by atoms with Crippen LogP contribution in [0, 0.1) is 0 Å². The van der Waals surface area contributed by atoms with Crippen molar-refractivity contribution < 1.29 is 8.95 Å². The van der Waals surface area contributed by atoms with E-state index in [0.717, 1.165) is 0 Å². The molecule has 2 atom stereocenters. The standard InChI is InChI=1S/C9H15N3O2S/c1-7(15(3)13)6-11-9-10-5-4-8(12-9)14-2/h4-5,7H,6H2,1-3H3,(H,10,11,12). The highest BCUT2D eigenvalue weighted by Gasteiger charge is 2.06. The Morgan fingerprint density at radius 3 is 3.00 bits per heavy atom. The van der Waals surface area contributed by atoms with Crippen LogP contribution in [-0.2, 0) is 10.8 Å². The molecular weight excluding hydrogens is 214 g/mol. The Hall–Kier alpha value is -1.17. The maximum atomic E-state index is 11.1. The minimum Gasteiger partial charge on any atom is -0.481 e. The molecule has 0 aliphatic carbocycles. The molecule has 1 rings (SSSR count). The molecule has 1 aromatic heterocycles. The molecule has 84 valence electrons. The number of rotatable bonds is 5. The summed E-state index contributed by atoms with van der Waals surface area (Å²) in [5.41, 5.74) is 0. The van der Waals surface area contributed by atoms with E-state index in [1.165, 1.54) is 0 Å². The number of anilines is 1. The average Bonchev–Trinajstić information content (AvgIpc) is 2.26. The van der Waals surface area contributed by atoms with Gasteiger partial charge in [-0.2, -0.15) is 4.98 Å². The van der Waals surface area contributed by atoms with E-state index >= 15 is 0 Å². The summed E-state index contributed by atoms with van der Waals surface area (Å²) in [6.07, 6.45) is 3.29. The Labute approximate surface area is 91.7 Å². The van der Waals surface area contributed by atoms with Crippen LogP contribution in [0.25, 0.3) is 0 Å². The van der Waals surface area contributed by atoms with Crippen molar-refractivity contribution in [1.29, 1.82) is 0 Å². The summed E-state index contributed by atoms with van der Waals surface area (Å²) in [5.74, 6) is 1.00. The van der Waals surface area contributed by atoms with Gasteiger partial charge in [0.25, 0.3) is 0 Å². The molecule has 6 heteroatoms. The molecule has 0 bridgehead atoms. The summed E-state index contributed by atoms with van der Waals surface area (Å²) in [4.78, 5) is 8.10. The monoisotopic (exact) mass is 229 g/mol. The molecule has 1 N–H and O–H groups in total. The number of hydrogen-bond acceptors (Lipinski definition) is 5. The average molecular weight is 229 g/mol. The van der Waals surface area contributed by atoms with Gasteiger partial charge in [0, 0.05) is 41.1 Å². The topological polar surface area (TPSA) is 64.1 Å². The molecule has 0 aliphatic heterocycles. The molecule has 0 fully saturated rings. The van der Waals surface area contributed by atoms with Crippen LogP contribution < -0.4 is 10.1 Å². The predicted molar refractivity (Wildman–Crippen MR) is 60.6 cm³/mol. The number of hydrogen-bond donors (Lipinski definition) is 1. The van der Waals surface area contributed by atoms with E-state index < -0.39 is 10.8 Å². The third kappa shape index (κ3) is 3.83. The van der Waals surface area contributed by atoms with Crippen LogP contribution in [0.2, 0.25) is 0 Å². The van der Waals surface area contributed by atoms with Gasteiger partial charge in [-0.15, -0.1) is 0 Å². The Balaban J connectivity index is 2.53. The van der Waals surface area contributed by atoms with E-state index in [2.05, 4.69) is 15.3 Å². The van der Waals surface area contributed by atoms with E-state index in [0.29, 0.717) is 18.4 Å². The molecule has 2 unspecified atom stereocenters. The van der Waals surface area contributed by atoms with Crippen molar-refractivity contribution in [1.82, 2.24) is 9.97 Å². The van der Waals surface area contributed by atoms with Crippen molar-refractivity contribution in [2.45, 2.75) is 12.2 Å². The first-order valence-electron chi connectivity index (χ1n) is 4.56. The van der Waals surface area contributed by atoms with E-state index in [-0.39, 0.29) is 5.25 Å². The van der Waals surface area contributed by atoms with Gasteiger partial charge >= 0.3 is 0 Å². The Kier molecular flexibility index (Phi) is 4.48. The fourth-order valence-corrected chi connectivity index (χ4v) is 1.21. The highest BCUT2D eigenvalue weighted by atomic mass is 32.2. The largest absolute Gasteiger partial charge is 0.481 e. The van der Waals surface area contributed by atoms with Gasteiger partial charge in [-0.05, 0) is 6.92 Å². The minimum atomic E-state index is -0.840. The summed E-state index contributed by atoms with van der Waals surface area (Å²) in [6, 6.07) is 1.67. The van der Waals surface area contributed by atoms with Crippen molar-refractivity contribution in [3.8, 4) is 5.88 Å². The molecule has 0 aliphatic rings. The molecule has 0 spiro atoms. The van der Waals surface area contributed by atoms with Gasteiger partial charge in [0.05, 0.1) is 7.11 Å². The highest BCUT2D eigenvalue weighted by Crippen LogP contribution is 2.07. The van der Waals surface area contributed by atoms with Gasteiger partial charge < -0.3 is 10.1 Å². The molecule has 15 heavy (non-hydrogen) atoms. The van der Waals surface area contributed by atoms with Gasteiger partial charge in [-0.1, -0.05) is 0 Å². The fraction of sp³-hybridized carbons (Fsp3) is 0.556. The first-order valence-corrected chi connectivity index (χ1v) is 6.18. The summed E-state index contributed by atoms with van der Waals surface area (Å²) >= 11 is 0. The number of ether oxygens (including phenoxy) is 1. The molecule has 0 amide bonds. The lowest BCUT2D eigenvalue weighted by atomic mass is 10.5. The van der Waals surface area contributed by atoms with Gasteiger partial charge in [0.15, 0.2) is 0 Å². The maximum absolute atomic E-state index is 11.1. The lowest BCUT2D eigenvalue weighted by Gasteiger charge is -2.09. The fourth-order valence-electron chi connectivity index (χ4n) is 0.893. The third-order valence-electron chi connectivity index (χ3n) is 1.95. The Morgan fingerprint density at radius 2 is 2.40 bits per heavy atom. The quantitative estimate of drug-likeness (QED) is 0.803. The Bertz CT molecular complexity index is 346. The van der Waals surface area contributed by atoms with Gasteiger partial charge in [0.1, 0.15) is 0 Å². The molecule has 0 radical (unpaired) electrons. The van der Waals surface area contributed by atoms with Crippen LogP contribution in [0.4, 0.5) is 5.95 Å². The van der Waals surface area contributed by atoms with Crippen LogP contribution in [0.5, 0.6) is 5.88 Å². The molecule has 5 nitrogen and oxygen atoms in total. The normalized spacial score (nSPS) is 14.3. The van der Waals surface area contributed by atoms with E-state index in [1.54, 1.807) is 25.6 Å². The zero-order valence-corrected chi connectivity index (χ0v) is 9.87. The van der Waals surface area contributed by atoms with Crippen LogP contribution in [0.3, 0.4) is 0 Å². The lowest BCUT2D eigenvalue weighted by Crippen LogP contribution is -2.21. The SMILES string of the molecule is COc1ccnc(NCC(C)S(C)=O)n1. The zero-order valence-electron chi connectivity index (χ0n) is 9.06. The Morgan fingerprint density at radius 1 is 1.67 bits per heavy atom. The first-order chi connectivity index (χ1) is 7.13. The molecule has 1 heterocycles. The maximum Gasteiger partial charge on any atom is 0.225 e. The van der Waals surface area contributed by atoms with Gasteiger partial charge in [0.2, 0.25) is 11.8 Å². The van der Waals surface area contributed by atoms with Gasteiger partial charge in [-0.3, -0.25) is 4.21 Å². The number of nitrogens with one attached hydrogen (secondary N) is 1. The van der Waals surface area contributed by atoms with Crippen LogP contribution in [0.1, 0.15) is 6.92 Å². The molecule has 0 saturated carbocycles. The molecule has 1 aromatic rings. The first kappa shape index (κ1) is 11.9. The second-order valence-electron chi connectivity index (χ2n) is 3.11. The smallest absolute Gasteiger partial charge is 0.225 e. The minimum absolute atomic E-state index is 0.0693. The number of aromatic nitrogens is 2. The van der Waals surface area contributed by atoms with Crippen LogP contribution in [-0.4, -0.2) is 39.3 Å². The summed E-state index contributed by atoms with van der Waals surface area (Å²) < 4.78 is 16.1.